The van der Waals surface area contributed by atoms with E-state index in [-0.39, 0.29) is 17.4 Å². The quantitative estimate of drug-likeness (QED) is 0.0758. The zero-order chi connectivity index (χ0) is 29.2. The van der Waals surface area contributed by atoms with Gasteiger partial charge in [-0.05, 0) is 60.4 Å². The first-order chi connectivity index (χ1) is 20.4. The molecule has 10 heteroatoms. The molecule has 2 unspecified atom stereocenters. The average Bonchev–Trinajstić information content (AvgIpc) is 3.70. The SMILES string of the molecule is CCCOc1ccc(C2/C(=C(\O)c3ccc4c(c3)CC(C)O4)C(=O)C(=O)N2c2nnc(SCc3ccccc3)s2)cc1. The first kappa shape index (κ1) is 28.0. The third-order valence-corrected chi connectivity index (χ3v) is 9.22. The van der Waals surface area contributed by atoms with Crippen LogP contribution in [0.25, 0.3) is 5.76 Å². The van der Waals surface area contributed by atoms with Crippen LogP contribution in [0.1, 0.15) is 48.6 Å². The minimum atomic E-state index is -0.895. The maximum absolute atomic E-state index is 13.6. The van der Waals surface area contributed by atoms with Crippen LogP contribution in [0.4, 0.5) is 5.13 Å². The lowest BCUT2D eigenvalue weighted by atomic mass is 9.94. The molecule has 3 heterocycles. The standard InChI is InChI=1S/C32H29N3O5S2/c1-3-15-39-24-12-9-21(10-13-24)27-26(28(36)22-11-14-25-23(17-22)16-19(2)40-25)29(37)30(38)35(27)31-33-34-32(42-31)41-18-20-7-5-4-6-8-20/h4-14,17,19,27,36H,3,15-16,18H2,1-2H3/b28-26+. The summed E-state index contributed by atoms with van der Waals surface area (Å²) in [7, 11) is 0. The van der Waals surface area contributed by atoms with Crippen LogP contribution in [-0.2, 0) is 21.8 Å². The number of anilines is 1. The Morgan fingerprint density at radius 2 is 1.88 bits per heavy atom. The zero-order valence-electron chi connectivity index (χ0n) is 23.1. The third kappa shape index (κ3) is 5.52. The number of hydrogen-bond donors (Lipinski definition) is 1. The van der Waals surface area contributed by atoms with Gasteiger partial charge in [-0.2, -0.15) is 0 Å². The molecule has 1 aromatic heterocycles. The van der Waals surface area contributed by atoms with Gasteiger partial charge in [-0.3, -0.25) is 14.5 Å². The Kier molecular flexibility index (Phi) is 7.99. The number of ketones is 1. The zero-order valence-corrected chi connectivity index (χ0v) is 24.8. The molecule has 2 aliphatic heterocycles. The number of benzene rings is 3. The fraction of sp³-hybridized carbons (Fsp3) is 0.250. The molecule has 0 spiro atoms. The van der Waals surface area contributed by atoms with Crippen molar-refractivity contribution in [3.05, 3.63) is 101 Å². The number of amides is 1. The molecular formula is C32H29N3O5S2. The van der Waals surface area contributed by atoms with Crippen molar-refractivity contribution >= 4 is 45.7 Å². The number of nitrogens with zero attached hydrogens (tertiary/aromatic N) is 3. The number of aromatic nitrogens is 2. The van der Waals surface area contributed by atoms with Crippen LogP contribution in [0.3, 0.4) is 0 Å². The van der Waals surface area contributed by atoms with E-state index in [2.05, 4.69) is 10.2 Å². The van der Waals surface area contributed by atoms with E-state index in [1.807, 2.05) is 62.4 Å². The number of Topliss-reactive ketones (excluding diaryl/α,β-unsaturated/α-hetero) is 1. The van der Waals surface area contributed by atoms with Gasteiger partial charge in [0.2, 0.25) is 5.13 Å². The summed E-state index contributed by atoms with van der Waals surface area (Å²) in [5, 5.41) is 20.5. The lowest BCUT2D eigenvalue weighted by Crippen LogP contribution is -2.29. The summed E-state index contributed by atoms with van der Waals surface area (Å²) in [6.45, 7) is 4.59. The first-order valence-corrected chi connectivity index (χ1v) is 15.6. The minimum absolute atomic E-state index is 0.00262. The molecule has 0 bridgehead atoms. The van der Waals surface area contributed by atoms with Gasteiger partial charge in [0, 0.05) is 17.7 Å². The van der Waals surface area contributed by atoms with Crippen molar-refractivity contribution in [3.8, 4) is 11.5 Å². The van der Waals surface area contributed by atoms with Crippen molar-refractivity contribution in [2.24, 2.45) is 0 Å². The molecule has 0 saturated carbocycles. The lowest BCUT2D eigenvalue weighted by molar-refractivity contribution is -0.132. The Bertz CT molecular complexity index is 1650. The van der Waals surface area contributed by atoms with Crippen LogP contribution >= 0.6 is 23.1 Å². The highest BCUT2D eigenvalue weighted by molar-refractivity contribution is 8.00. The number of carbonyl (C=O) groups is 2. The molecule has 1 amide bonds. The second-order valence-corrected chi connectivity index (χ2v) is 12.3. The molecule has 0 radical (unpaired) electrons. The number of thioether (sulfide) groups is 1. The summed E-state index contributed by atoms with van der Waals surface area (Å²) in [6.07, 6.45) is 1.60. The molecule has 8 nitrogen and oxygen atoms in total. The highest BCUT2D eigenvalue weighted by Gasteiger charge is 2.48. The molecule has 6 rings (SSSR count). The number of rotatable bonds is 9. The molecule has 4 aromatic rings. The fourth-order valence-electron chi connectivity index (χ4n) is 5.11. The van der Waals surface area contributed by atoms with Crippen molar-refractivity contribution in [3.63, 3.8) is 0 Å². The summed E-state index contributed by atoms with van der Waals surface area (Å²) >= 11 is 2.75. The van der Waals surface area contributed by atoms with Crippen LogP contribution in [0.2, 0.25) is 0 Å². The van der Waals surface area contributed by atoms with Gasteiger partial charge in [-0.15, -0.1) is 10.2 Å². The van der Waals surface area contributed by atoms with E-state index < -0.39 is 17.7 Å². The molecule has 1 N–H and O–H groups in total. The second-order valence-electron chi connectivity index (χ2n) is 10.2. The smallest absolute Gasteiger partial charge is 0.301 e. The topological polar surface area (TPSA) is 102 Å². The van der Waals surface area contributed by atoms with E-state index in [0.717, 1.165) is 23.3 Å². The third-order valence-electron chi connectivity index (χ3n) is 7.09. The number of aliphatic hydroxyl groups excluding tert-OH is 1. The summed E-state index contributed by atoms with van der Waals surface area (Å²) < 4.78 is 12.2. The van der Waals surface area contributed by atoms with Crippen molar-refractivity contribution in [1.82, 2.24) is 10.2 Å². The molecule has 1 fully saturated rings. The van der Waals surface area contributed by atoms with Gasteiger partial charge in [0.05, 0.1) is 18.2 Å². The van der Waals surface area contributed by atoms with E-state index in [1.54, 1.807) is 24.3 Å². The maximum Gasteiger partial charge on any atom is 0.301 e. The highest BCUT2D eigenvalue weighted by atomic mass is 32.2. The number of ether oxygens (including phenoxy) is 2. The van der Waals surface area contributed by atoms with Gasteiger partial charge < -0.3 is 14.6 Å². The summed E-state index contributed by atoms with van der Waals surface area (Å²) in [5.74, 6) is 0.355. The Balaban J connectivity index is 1.38. The van der Waals surface area contributed by atoms with Crippen molar-refractivity contribution in [1.29, 1.82) is 0 Å². The van der Waals surface area contributed by atoms with Crippen molar-refractivity contribution in [2.75, 3.05) is 11.5 Å². The van der Waals surface area contributed by atoms with Crippen LogP contribution < -0.4 is 14.4 Å². The van der Waals surface area contributed by atoms with E-state index in [1.165, 1.54) is 28.0 Å². The minimum Gasteiger partial charge on any atom is -0.507 e. The Morgan fingerprint density at radius 1 is 1.10 bits per heavy atom. The van der Waals surface area contributed by atoms with Crippen LogP contribution in [0, 0.1) is 0 Å². The Labute approximate surface area is 252 Å². The van der Waals surface area contributed by atoms with Crippen molar-refractivity contribution < 1.29 is 24.2 Å². The monoisotopic (exact) mass is 599 g/mol. The molecule has 42 heavy (non-hydrogen) atoms. The number of carbonyl (C=O) groups excluding carboxylic acids is 2. The van der Waals surface area contributed by atoms with E-state index in [0.29, 0.717) is 45.1 Å². The molecule has 1 saturated heterocycles. The molecule has 214 valence electrons. The van der Waals surface area contributed by atoms with Gasteiger partial charge in [0.1, 0.15) is 23.4 Å². The lowest BCUT2D eigenvalue weighted by Gasteiger charge is -2.22. The molecule has 2 aliphatic rings. The normalized spacial score (nSPS) is 19.1. The largest absolute Gasteiger partial charge is 0.507 e. The summed E-state index contributed by atoms with van der Waals surface area (Å²) in [6, 6.07) is 21.7. The molecule has 0 aliphatic carbocycles. The van der Waals surface area contributed by atoms with Crippen LogP contribution in [-0.4, -0.2) is 39.7 Å². The van der Waals surface area contributed by atoms with Crippen LogP contribution in [0.15, 0.2) is 82.7 Å². The van der Waals surface area contributed by atoms with Gasteiger partial charge in [0.25, 0.3) is 5.78 Å². The van der Waals surface area contributed by atoms with Crippen LogP contribution in [0.5, 0.6) is 11.5 Å². The van der Waals surface area contributed by atoms with Gasteiger partial charge in [-0.25, -0.2) is 0 Å². The van der Waals surface area contributed by atoms with Gasteiger partial charge in [-0.1, -0.05) is 72.5 Å². The fourth-order valence-corrected chi connectivity index (χ4v) is 6.94. The first-order valence-electron chi connectivity index (χ1n) is 13.8. The summed E-state index contributed by atoms with van der Waals surface area (Å²) in [5.41, 5.74) is 3.18. The molecule has 2 atom stereocenters. The van der Waals surface area contributed by atoms with E-state index >= 15 is 0 Å². The second kappa shape index (κ2) is 12.0. The van der Waals surface area contributed by atoms with Gasteiger partial charge >= 0.3 is 5.91 Å². The number of hydrogen-bond acceptors (Lipinski definition) is 9. The Morgan fingerprint density at radius 3 is 2.64 bits per heavy atom. The summed E-state index contributed by atoms with van der Waals surface area (Å²) in [4.78, 5) is 28.5. The predicted molar refractivity (Wildman–Crippen MR) is 163 cm³/mol. The Hall–Kier alpha value is -4.15. The van der Waals surface area contributed by atoms with E-state index in [4.69, 9.17) is 9.47 Å². The highest BCUT2D eigenvalue weighted by Crippen LogP contribution is 2.45. The van der Waals surface area contributed by atoms with E-state index in [9.17, 15) is 14.7 Å². The maximum atomic E-state index is 13.6. The van der Waals surface area contributed by atoms with Gasteiger partial charge in [0.15, 0.2) is 4.34 Å². The van der Waals surface area contributed by atoms with Crippen molar-refractivity contribution in [2.45, 2.75) is 48.9 Å². The molecule has 3 aromatic carbocycles. The molecular weight excluding hydrogens is 571 g/mol. The number of aliphatic hydroxyl groups is 1. The average molecular weight is 600 g/mol. The predicted octanol–water partition coefficient (Wildman–Crippen LogP) is 6.57. The number of fused-ring (bicyclic) bond motifs is 1.